The first-order valence-electron chi connectivity index (χ1n) is 9.41. The normalized spacial score (nSPS) is 16.6. The van der Waals surface area contributed by atoms with E-state index in [9.17, 15) is 9.90 Å². The molecule has 1 rings (SSSR count). The van der Waals surface area contributed by atoms with Crippen molar-refractivity contribution in [3.8, 4) is 0 Å². The Labute approximate surface area is 170 Å². The number of nitrogens with one attached hydrogen (secondary N) is 2. The lowest BCUT2D eigenvalue weighted by molar-refractivity contribution is -0.135. The molecular formula is C18H37IN4O2. The van der Waals surface area contributed by atoms with Gasteiger partial charge >= 0.3 is 0 Å². The molecule has 0 radical (unpaired) electrons. The van der Waals surface area contributed by atoms with Gasteiger partial charge in [0.05, 0.1) is 12.1 Å². The second kappa shape index (κ2) is 11.9. The van der Waals surface area contributed by atoms with Crippen LogP contribution < -0.4 is 10.6 Å². The summed E-state index contributed by atoms with van der Waals surface area (Å²) in [6.45, 7) is 12.7. The molecule has 1 aliphatic rings. The molecule has 1 fully saturated rings. The SMILES string of the molecule is CCNC(=NCC(O)(CC)CC)NC1CCN(C(=O)C(C)C)CC1.I. The van der Waals surface area contributed by atoms with Gasteiger partial charge in [0.25, 0.3) is 0 Å². The topological polar surface area (TPSA) is 77.0 Å². The standard InChI is InChI=1S/C18H36N4O2.HI/c1-6-18(24,7-2)13-20-17(19-8-3)21-15-9-11-22(12-10-15)16(23)14(4)5;/h14-15,24H,6-13H2,1-5H3,(H2,19,20,21);1H. The Hall–Kier alpha value is -0.570. The predicted molar refractivity (Wildman–Crippen MR) is 115 cm³/mol. The molecule has 0 aliphatic carbocycles. The number of aliphatic hydroxyl groups is 1. The van der Waals surface area contributed by atoms with Gasteiger partial charge in [-0.2, -0.15) is 0 Å². The number of rotatable bonds is 7. The Morgan fingerprint density at radius 3 is 2.24 bits per heavy atom. The maximum Gasteiger partial charge on any atom is 0.225 e. The number of aliphatic imine (C=N–C) groups is 1. The number of carbonyl (C=O) groups excluding carboxylic acids is 1. The summed E-state index contributed by atoms with van der Waals surface area (Å²) in [5.41, 5.74) is -0.727. The quantitative estimate of drug-likeness (QED) is 0.305. The van der Waals surface area contributed by atoms with E-state index in [1.54, 1.807) is 0 Å². The maximum absolute atomic E-state index is 12.0. The van der Waals surface area contributed by atoms with Gasteiger partial charge in [-0.25, -0.2) is 0 Å². The third kappa shape index (κ3) is 8.11. The van der Waals surface area contributed by atoms with Crippen molar-refractivity contribution in [2.24, 2.45) is 10.9 Å². The number of amides is 1. The molecular weight excluding hydrogens is 431 g/mol. The molecule has 1 saturated heterocycles. The van der Waals surface area contributed by atoms with Crippen molar-refractivity contribution in [1.82, 2.24) is 15.5 Å². The molecule has 1 amide bonds. The van der Waals surface area contributed by atoms with E-state index in [-0.39, 0.29) is 35.8 Å². The highest BCUT2D eigenvalue weighted by Crippen LogP contribution is 2.15. The highest BCUT2D eigenvalue weighted by Gasteiger charge is 2.25. The van der Waals surface area contributed by atoms with Gasteiger partial charge < -0.3 is 20.6 Å². The van der Waals surface area contributed by atoms with Crippen LogP contribution in [-0.4, -0.2) is 59.7 Å². The molecule has 0 aromatic rings. The molecule has 25 heavy (non-hydrogen) atoms. The van der Waals surface area contributed by atoms with Crippen molar-refractivity contribution >= 4 is 35.8 Å². The molecule has 1 aliphatic heterocycles. The van der Waals surface area contributed by atoms with Crippen molar-refractivity contribution in [1.29, 1.82) is 0 Å². The second-order valence-electron chi connectivity index (χ2n) is 7.03. The molecule has 0 atom stereocenters. The maximum atomic E-state index is 12.0. The molecule has 6 nitrogen and oxygen atoms in total. The molecule has 1 heterocycles. The molecule has 0 aromatic heterocycles. The first kappa shape index (κ1) is 24.4. The zero-order valence-corrected chi connectivity index (χ0v) is 18.8. The molecule has 3 N–H and O–H groups in total. The van der Waals surface area contributed by atoms with Gasteiger partial charge in [-0.1, -0.05) is 27.7 Å². The minimum absolute atomic E-state index is 0. The fourth-order valence-electron chi connectivity index (χ4n) is 2.82. The average Bonchev–Trinajstić information content (AvgIpc) is 2.59. The lowest BCUT2D eigenvalue weighted by Crippen LogP contribution is -2.50. The predicted octanol–water partition coefficient (Wildman–Crippen LogP) is 2.36. The van der Waals surface area contributed by atoms with E-state index in [0.717, 1.165) is 38.4 Å². The Morgan fingerprint density at radius 1 is 1.24 bits per heavy atom. The lowest BCUT2D eigenvalue weighted by atomic mass is 9.98. The average molecular weight is 468 g/mol. The first-order chi connectivity index (χ1) is 11.3. The monoisotopic (exact) mass is 468 g/mol. The first-order valence-corrected chi connectivity index (χ1v) is 9.41. The van der Waals surface area contributed by atoms with E-state index >= 15 is 0 Å². The van der Waals surface area contributed by atoms with E-state index in [1.807, 2.05) is 39.5 Å². The number of piperidine rings is 1. The molecule has 0 bridgehead atoms. The molecule has 7 heteroatoms. The van der Waals surface area contributed by atoms with Crippen LogP contribution in [0.25, 0.3) is 0 Å². The lowest BCUT2D eigenvalue weighted by Gasteiger charge is -2.34. The Bertz CT molecular complexity index is 417. The van der Waals surface area contributed by atoms with E-state index in [2.05, 4.69) is 15.6 Å². The van der Waals surface area contributed by atoms with E-state index in [1.165, 1.54) is 0 Å². The van der Waals surface area contributed by atoms with Crippen molar-refractivity contribution in [2.75, 3.05) is 26.2 Å². The summed E-state index contributed by atoms with van der Waals surface area (Å²) in [6.07, 6.45) is 3.24. The van der Waals surface area contributed by atoms with Gasteiger partial charge in [0, 0.05) is 31.6 Å². The van der Waals surface area contributed by atoms with Gasteiger partial charge in [0.15, 0.2) is 5.96 Å². The Kier molecular flexibility index (Phi) is 11.7. The largest absolute Gasteiger partial charge is 0.388 e. The van der Waals surface area contributed by atoms with Gasteiger partial charge in [-0.3, -0.25) is 9.79 Å². The van der Waals surface area contributed by atoms with Crippen molar-refractivity contribution in [3.63, 3.8) is 0 Å². The summed E-state index contributed by atoms with van der Waals surface area (Å²) >= 11 is 0. The van der Waals surface area contributed by atoms with Gasteiger partial charge in [-0.05, 0) is 32.6 Å². The highest BCUT2D eigenvalue weighted by molar-refractivity contribution is 14.0. The summed E-state index contributed by atoms with van der Waals surface area (Å²) < 4.78 is 0. The van der Waals surface area contributed by atoms with Crippen LogP contribution in [0, 0.1) is 5.92 Å². The summed E-state index contributed by atoms with van der Waals surface area (Å²) in [4.78, 5) is 18.6. The van der Waals surface area contributed by atoms with Gasteiger partial charge in [0.1, 0.15) is 0 Å². The Balaban J connectivity index is 0.00000576. The van der Waals surface area contributed by atoms with Crippen molar-refractivity contribution in [3.05, 3.63) is 0 Å². The summed E-state index contributed by atoms with van der Waals surface area (Å²) in [5, 5.41) is 17.1. The van der Waals surface area contributed by atoms with Crippen LogP contribution >= 0.6 is 24.0 Å². The minimum Gasteiger partial charge on any atom is -0.388 e. The third-order valence-corrected chi connectivity index (χ3v) is 4.83. The second-order valence-corrected chi connectivity index (χ2v) is 7.03. The van der Waals surface area contributed by atoms with Crippen LogP contribution in [-0.2, 0) is 4.79 Å². The number of carbonyl (C=O) groups is 1. The van der Waals surface area contributed by atoms with E-state index < -0.39 is 5.60 Å². The van der Waals surface area contributed by atoms with E-state index in [0.29, 0.717) is 25.4 Å². The number of hydrogen-bond acceptors (Lipinski definition) is 3. The van der Waals surface area contributed by atoms with Crippen LogP contribution in [0.3, 0.4) is 0 Å². The van der Waals surface area contributed by atoms with Crippen molar-refractivity contribution < 1.29 is 9.90 Å². The van der Waals surface area contributed by atoms with Gasteiger partial charge in [0.2, 0.25) is 5.91 Å². The molecule has 0 aromatic carbocycles. The van der Waals surface area contributed by atoms with Crippen LogP contribution in [0.5, 0.6) is 0 Å². The number of likely N-dealkylation sites (tertiary alicyclic amines) is 1. The molecule has 0 unspecified atom stereocenters. The van der Waals surface area contributed by atoms with Crippen LogP contribution in [0.4, 0.5) is 0 Å². The van der Waals surface area contributed by atoms with Crippen LogP contribution in [0.2, 0.25) is 0 Å². The zero-order chi connectivity index (χ0) is 18.2. The third-order valence-electron chi connectivity index (χ3n) is 4.83. The van der Waals surface area contributed by atoms with Gasteiger partial charge in [-0.15, -0.1) is 24.0 Å². The Morgan fingerprint density at radius 2 is 1.80 bits per heavy atom. The molecule has 0 saturated carbocycles. The number of guanidine groups is 1. The van der Waals surface area contributed by atoms with Crippen LogP contribution in [0.1, 0.15) is 60.3 Å². The summed E-state index contributed by atoms with van der Waals surface area (Å²) in [6, 6.07) is 0.315. The fourth-order valence-corrected chi connectivity index (χ4v) is 2.82. The minimum atomic E-state index is -0.727. The summed E-state index contributed by atoms with van der Waals surface area (Å²) in [7, 11) is 0. The fraction of sp³-hybridized carbons (Fsp3) is 0.889. The smallest absolute Gasteiger partial charge is 0.225 e. The highest BCUT2D eigenvalue weighted by atomic mass is 127. The molecule has 0 spiro atoms. The number of halogens is 1. The van der Waals surface area contributed by atoms with Crippen molar-refractivity contribution in [2.45, 2.75) is 71.9 Å². The zero-order valence-electron chi connectivity index (χ0n) is 16.5. The number of nitrogens with zero attached hydrogens (tertiary/aromatic N) is 2. The van der Waals surface area contributed by atoms with E-state index in [4.69, 9.17) is 0 Å². The number of hydrogen-bond donors (Lipinski definition) is 3. The van der Waals surface area contributed by atoms with Crippen LogP contribution in [0.15, 0.2) is 4.99 Å². The summed E-state index contributed by atoms with van der Waals surface area (Å²) in [5.74, 6) is 1.06. The molecule has 148 valence electrons.